The maximum absolute atomic E-state index is 14.2. The molecule has 0 bridgehead atoms. The molecule has 23 heavy (non-hydrogen) atoms. The Morgan fingerprint density at radius 3 is 2.57 bits per heavy atom. The Labute approximate surface area is 137 Å². The van der Waals surface area contributed by atoms with Crippen LogP contribution in [0.1, 0.15) is 22.8 Å². The molecule has 0 aliphatic carbocycles. The van der Waals surface area contributed by atoms with Gasteiger partial charge in [-0.05, 0) is 17.2 Å². The van der Waals surface area contributed by atoms with E-state index < -0.39 is 0 Å². The molecular weight excluding hydrogens is 309 g/mol. The number of rotatable bonds is 2. The van der Waals surface area contributed by atoms with Crippen LogP contribution in [0.15, 0.2) is 60.0 Å². The van der Waals surface area contributed by atoms with Crippen molar-refractivity contribution in [3.8, 4) is 11.1 Å². The Kier molecular flexibility index (Phi) is 3.46. The summed E-state index contributed by atoms with van der Waals surface area (Å²) >= 11 is 1.58. The van der Waals surface area contributed by atoms with Gasteiger partial charge in [0.05, 0.1) is 5.69 Å². The van der Waals surface area contributed by atoms with Crippen molar-refractivity contribution >= 4 is 22.9 Å². The summed E-state index contributed by atoms with van der Waals surface area (Å²) in [7, 11) is 0. The van der Waals surface area contributed by atoms with Crippen LogP contribution in [0, 0.1) is 5.82 Å². The molecule has 4 rings (SSSR count). The van der Waals surface area contributed by atoms with E-state index >= 15 is 0 Å². The molecule has 1 atom stereocenters. The molecule has 0 saturated carbocycles. The highest BCUT2D eigenvalue weighted by Gasteiger charge is 2.31. The first-order valence-electron chi connectivity index (χ1n) is 7.45. The van der Waals surface area contributed by atoms with Gasteiger partial charge in [0.15, 0.2) is 0 Å². The van der Waals surface area contributed by atoms with Crippen molar-refractivity contribution in [1.82, 2.24) is 0 Å². The number of halogens is 1. The molecule has 4 heteroatoms. The second-order valence-electron chi connectivity index (χ2n) is 5.58. The number of amides is 1. The van der Waals surface area contributed by atoms with Gasteiger partial charge >= 0.3 is 0 Å². The van der Waals surface area contributed by atoms with Gasteiger partial charge in [-0.3, -0.25) is 4.79 Å². The second kappa shape index (κ2) is 5.63. The highest BCUT2D eigenvalue weighted by molar-refractivity contribution is 7.11. The first-order chi connectivity index (χ1) is 11.2. The standard InChI is InChI=1S/C19H14FNOS/c20-16-9-5-4-8-13(16)14-10-17(22)21-18-15(11-23-19(14)18)12-6-2-1-3-7-12/h1-9,11,14H,10H2,(H,21,22)/t14-/m0/s1. The van der Waals surface area contributed by atoms with E-state index in [-0.39, 0.29) is 24.1 Å². The number of benzene rings is 2. The van der Waals surface area contributed by atoms with Crippen molar-refractivity contribution < 1.29 is 9.18 Å². The van der Waals surface area contributed by atoms with Gasteiger partial charge in [-0.25, -0.2) is 4.39 Å². The Balaban J connectivity index is 1.85. The molecule has 0 spiro atoms. The first-order valence-corrected chi connectivity index (χ1v) is 8.33. The molecule has 0 fully saturated rings. The minimum atomic E-state index is -0.257. The van der Waals surface area contributed by atoms with Gasteiger partial charge in [0, 0.05) is 28.2 Å². The monoisotopic (exact) mass is 323 g/mol. The van der Waals surface area contributed by atoms with E-state index in [9.17, 15) is 9.18 Å². The predicted molar refractivity (Wildman–Crippen MR) is 91.2 cm³/mol. The van der Waals surface area contributed by atoms with Crippen molar-refractivity contribution in [3.05, 3.63) is 76.2 Å². The summed E-state index contributed by atoms with van der Waals surface area (Å²) in [6.45, 7) is 0. The summed E-state index contributed by atoms with van der Waals surface area (Å²) < 4.78 is 14.2. The number of hydrogen-bond acceptors (Lipinski definition) is 2. The van der Waals surface area contributed by atoms with Crippen LogP contribution in [0.4, 0.5) is 10.1 Å². The summed E-state index contributed by atoms with van der Waals surface area (Å²) in [6, 6.07) is 16.6. The summed E-state index contributed by atoms with van der Waals surface area (Å²) in [5.74, 6) is -0.545. The average molecular weight is 323 g/mol. The zero-order chi connectivity index (χ0) is 15.8. The average Bonchev–Trinajstić information content (AvgIpc) is 2.99. The van der Waals surface area contributed by atoms with Gasteiger partial charge in [-0.2, -0.15) is 0 Å². The lowest BCUT2D eigenvalue weighted by molar-refractivity contribution is -0.116. The number of anilines is 1. The van der Waals surface area contributed by atoms with Crippen LogP contribution in [-0.2, 0) is 4.79 Å². The van der Waals surface area contributed by atoms with Crippen molar-refractivity contribution in [2.24, 2.45) is 0 Å². The van der Waals surface area contributed by atoms with Crippen molar-refractivity contribution in [2.45, 2.75) is 12.3 Å². The molecule has 1 aliphatic rings. The van der Waals surface area contributed by atoms with Gasteiger partial charge in [0.1, 0.15) is 5.82 Å². The minimum absolute atomic E-state index is 0.0682. The first kappa shape index (κ1) is 14.2. The summed E-state index contributed by atoms with van der Waals surface area (Å²) in [5.41, 5.74) is 3.47. The molecule has 3 aromatic rings. The van der Waals surface area contributed by atoms with Gasteiger partial charge in [-0.15, -0.1) is 11.3 Å². The Bertz CT molecular complexity index is 872. The normalized spacial score (nSPS) is 16.7. The lowest BCUT2D eigenvalue weighted by Gasteiger charge is -2.24. The zero-order valence-electron chi connectivity index (χ0n) is 12.3. The van der Waals surface area contributed by atoms with E-state index in [2.05, 4.69) is 5.32 Å². The van der Waals surface area contributed by atoms with Crippen LogP contribution < -0.4 is 5.32 Å². The Morgan fingerprint density at radius 2 is 1.78 bits per heavy atom. The quantitative estimate of drug-likeness (QED) is 0.704. The van der Waals surface area contributed by atoms with Crippen LogP contribution in [-0.4, -0.2) is 5.91 Å². The molecule has 0 saturated heterocycles. The van der Waals surface area contributed by atoms with Crippen LogP contribution in [0.5, 0.6) is 0 Å². The number of fused-ring (bicyclic) bond motifs is 1. The number of thiophene rings is 1. The van der Waals surface area contributed by atoms with Crippen molar-refractivity contribution in [2.75, 3.05) is 5.32 Å². The van der Waals surface area contributed by atoms with Crippen LogP contribution >= 0.6 is 11.3 Å². The van der Waals surface area contributed by atoms with Gasteiger partial charge < -0.3 is 5.32 Å². The number of hydrogen-bond donors (Lipinski definition) is 1. The number of nitrogens with one attached hydrogen (secondary N) is 1. The zero-order valence-corrected chi connectivity index (χ0v) is 13.1. The maximum atomic E-state index is 14.2. The van der Waals surface area contributed by atoms with Crippen molar-refractivity contribution in [1.29, 1.82) is 0 Å². The molecular formula is C19H14FNOS. The molecule has 0 unspecified atom stereocenters. The summed E-state index contributed by atoms with van der Waals surface area (Å²) in [4.78, 5) is 13.2. The summed E-state index contributed by atoms with van der Waals surface area (Å²) in [5, 5.41) is 5.02. The fourth-order valence-electron chi connectivity index (χ4n) is 3.07. The van der Waals surface area contributed by atoms with E-state index in [1.807, 2.05) is 41.8 Å². The van der Waals surface area contributed by atoms with E-state index in [1.165, 1.54) is 6.07 Å². The molecule has 1 aromatic heterocycles. The topological polar surface area (TPSA) is 29.1 Å². The highest BCUT2D eigenvalue weighted by Crippen LogP contribution is 2.46. The smallest absolute Gasteiger partial charge is 0.225 e. The maximum Gasteiger partial charge on any atom is 0.225 e. The summed E-state index contributed by atoms with van der Waals surface area (Å²) in [6.07, 6.45) is 0.280. The Morgan fingerprint density at radius 1 is 1.04 bits per heavy atom. The van der Waals surface area contributed by atoms with Crippen LogP contribution in [0.2, 0.25) is 0 Å². The third-order valence-electron chi connectivity index (χ3n) is 4.16. The molecule has 2 nitrogen and oxygen atoms in total. The molecule has 1 N–H and O–H groups in total. The third kappa shape index (κ3) is 2.45. The highest BCUT2D eigenvalue weighted by atomic mass is 32.1. The fraction of sp³-hybridized carbons (Fsp3) is 0.105. The van der Waals surface area contributed by atoms with Gasteiger partial charge in [0.2, 0.25) is 5.91 Å². The molecule has 2 aromatic carbocycles. The van der Waals surface area contributed by atoms with Crippen LogP contribution in [0.25, 0.3) is 11.1 Å². The van der Waals surface area contributed by atoms with E-state index in [4.69, 9.17) is 0 Å². The minimum Gasteiger partial charge on any atom is -0.325 e. The SMILES string of the molecule is O=C1C[C@@H](c2ccccc2F)c2scc(-c3ccccc3)c2N1. The molecule has 1 aliphatic heterocycles. The second-order valence-corrected chi connectivity index (χ2v) is 6.49. The van der Waals surface area contributed by atoms with Gasteiger partial charge in [-0.1, -0.05) is 48.5 Å². The van der Waals surface area contributed by atoms with Gasteiger partial charge in [0.25, 0.3) is 0 Å². The Hall–Kier alpha value is -2.46. The largest absolute Gasteiger partial charge is 0.325 e. The van der Waals surface area contributed by atoms with Crippen LogP contribution in [0.3, 0.4) is 0 Å². The van der Waals surface area contributed by atoms with E-state index in [0.29, 0.717) is 5.56 Å². The van der Waals surface area contributed by atoms with E-state index in [1.54, 1.807) is 23.5 Å². The lowest BCUT2D eigenvalue weighted by atomic mass is 9.89. The molecule has 1 amide bonds. The number of carbonyl (C=O) groups is 1. The lowest BCUT2D eigenvalue weighted by Crippen LogP contribution is -2.23. The molecule has 114 valence electrons. The van der Waals surface area contributed by atoms with Crippen molar-refractivity contribution in [3.63, 3.8) is 0 Å². The molecule has 0 radical (unpaired) electrons. The molecule has 2 heterocycles. The predicted octanol–water partition coefficient (Wildman–Crippen LogP) is 5.03. The third-order valence-corrected chi connectivity index (χ3v) is 5.25. The number of carbonyl (C=O) groups excluding carboxylic acids is 1. The fourth-order valence-corrected chi connectivity index (χ4v) is 4.22. The van der Waals surface area contributed by atoms with E-state index in [0.717, 1.165) is 21.7 Å².